The zero-order valence-corrected chi connectivity index (χ0v) is 33.5. The van der Waals surface area contributed by atoms with Gasteiger partial charge in [0.05, 0.1) is 0 Å². The first kappa shape index (κ1) is 34.5. The molecule has 0 spiro atoms. The van der Waals surface area contributed by atoms with Gasteiger partial charge in [0.15, 0.2) is 0 Å². The third-order valence-corrected chi connectivity index (χ3v) is 13.4. The minimum absolute atomic E-state index is 1.10. The minimum Gasteiger partial charge on any atom is -0.310 e. The summed E-state index contributed by atoms with van der Waals surface area (Å²) in [4.78, 5) is 2.40. The summed E-state index contributed by atoms with van der Waals surface area (Å²) in [6.45, 7) is 0. The van der Waals surface area contributed by atoms with Gasteiger partial charge in [0.2, 0.25) is 0 Å². The Balaban J connectivity index is 0.984. The molecule has 1 nitrogen and oxygen atoms in total. The fourth-order valence-corrected chi connectivity index (χ4v) is 10.3. The number of anilines is 3. The van der Waals surface area contributed by atoms with Gasteiger partial charge in [-0.05, 0) is 143 Å². The Bertz CT molecular complexity index is 3450. The Morgan fingerprint density at radius 2 is 0.650 bits per heavy atom. The molecule has 12 rings (SSSR count). The second-order valence-electron chi connectivity index (χ2n) is 15.7. The largest absolute Gasteiger partial charge is 0.310 e. The molecule has 0 aliphatic rings. The molecular formula is C58H37NS. The third kappa shape index (κ3) is 5.92. The van der Waals surface area contributed by atoms with Crippen molar-refractivity contribution in [2.75, 3.05) is 4.90 Å². The zero-order valence-electron chi connectivity index (χ0n) is 32.7. The molecule has 11 aromatic carbocycles. The van der Waals surface area contributed by atoms with Crippen LogP contribution in [0.25, 0.3) is 96.6 Å². The van der Waals surface area contributed by atoms with Crippen molar-refractivity contribution in [3.05, 3.63) is 224 Å². The highest BCUT2D eigenvalue weighted by molar-refractivity contribution is 7.25. The van der Waals surface area contributed by atoms with E-state index in [1.807, 2.05) is 11.3 Å². The molecule has 12 aromatic rings. The highest BCUT2D eigenvalue weighted by Gasteiger charge is 2.16. The van der Waals surface area contributed by atoms with E-state index < -0.39 is 0 Å². The molecule has 1 heterocycles. The van der Waals surface area contributed by atoms with Crippen LogP contribution in [-0.2, 0) is 0 Å². The molecular weight excluding hydrogens is 743 g/mol. The summed E-state index contributed by atoms with van der Waals surface area (Å²) in [6.07, 6.45) is 0. The number of rotatable bonds is 6. The summed E-state index contributed by atoms with van der Waals surface area (Å²) in [5.41, 5.74) is 10.5. The Hall–Kier alpha value is -7.52. The van der Waals surface area contributed by atoms with E-state index in [9.17, 15) is 0 Å². The molecule has 0 saturated carbocycles. The monoisotopic (exact) mass is 779 g/mol. The molecule has 0 aliphatic heterocycles. The molecule has 0 atom stereocenters. The molecule has 0 aliphatic carbocycles. The predicted octanol–water partition coefficient (Wildman–Crippen LogP) is 17.1. The summed E-state index contributed by atoms with van der Waals surface area (Å²) < 4.78 is 2.65. The Morgan fingerprint density at radius 3 is 1.25 bits per heavy atom. The predicted molar refractivity (Wildman–Crippen MR) is 260 cm³/mol. The minimum atomic E-state index is 1.10. The maximum absolute atomic E-state index is 2.40. The SMILES string of the molecule is c1cc(-c2ccc3ccc4ccccc4c3c2)cc(N(c2ccc(-c3ccc4sc5ccccc5c4c3)cc2)c2cccc(-c3ccc4ccc5ccccc5c4c3)c2)c1. The fraction of sp³-hybridized carbons (Fsp3) is 0. The Morgan fingerprint density at radius 1 is 0.233 bits per heavy atom. The van der Waals surface area contributed by atoms with Crippen LogP contribution in [0.1, 0.15) is 0 Å². The van der Waals surface area contributed by atoms with Crippen LogP contribution < -0.4 is 4.90 Å². The first-order valence-electron chi connectivity index (χ1n) is 20.6. The summed E-state index contributed by atoms with van der Waals surface area (Å²) in [6, 6.07) is 82.7. The Labute approximate surface area is 352 Å². The average Bonchev–Trinajstić information content (AvgIpc) is 3.70. The number of benzene rings is 11. The lowest BCUT2D eigenvalue weighted by Crippen LogP contribution is -2.10. The number of hydrogen-bond donors (Lipinski definition) is 0. The maximum atomic E-state index is 2.40. The average molecular weight is 780 g/mol. The highest BCUT2D eigenvalue weighted by atomic mass is 32.1. The van der Waals surface area contributed by atoms with Crippen LogP contribution in [-0.4, -0.2) is 0 Å². The quantitative estimate of drug-likeness (QED) is 0.152. The Kier molecular flexibility index (Phi) is 8.11. The smallest absolute Gasteiger partial charge is 0.0467 e. The number of hydrogen-bond acceptors (Lipinski definition) is 2. The van der Waals surface area contributed by atoms with E-state index in [-0.39, 0.29) is 0 Å². The topological polar surface area (TPSA) is 3.24 Å². The summed E-state index contributed by atoms with van der Waals surface area (Å²) >= 11 is 1.86. The van der Waals surface area contributed by atoms with E-state index in [1.165, 1.54) is 96.6 Å². The summed E-state index contributed by atoms with van der Waals surface area (Å²) in [5, 5.41) is 12.7. The standard InChI is InChI=1S/C58H37NS/c1-3-15-51-39(9-1)19-21-41-23-25-46(35-54(41)51)43-11-7-13-49(33-43)59(48-30-27-38(28-31-48)45-29-32-58-56(37-45)53-17-5-6-18-57(53)60-58)50-14-8-12-44(34-50)47-26-24-42-22-20-40-10-2-4-16-52(40)55(42)36-47/h1-37H. The van der Waals surface area contributed by atoms with Crippen molar-refractivity contribution < 1.29 is 0 Å². The maximum Gasteiger partial charge on any atom is 0.0467 e. The van der Waals surface area contributed by atoms with Gasteiger partial charge in [0.25, 0.3) is 0 Å². The lowest BCUT2D eigenvalue weighted by atomic mass is 9.96. The molecule has 60 heavy (non-hydrogen) atoms. The second kappa shape index (κ2) is 14.1. The first-order chi connectivity index (χ1) is 29.7. The van der Waals surface area contributed by atoms with Crippen LogP contribution in [0.3, 0.4) is 0 Å². The molecule has 2 heteroatoms. The third-order valence-electron chi connectivity index (χ3n) is 12.2. The lowest BCUT2D eigenvalue weighted by molar-refractivity contribution is 1.28. The lowest BCUT2D eigenvalue weighted by Gasteiger charge is -2.27. The van der Waals surface area contributed by atoms with Crippen LogP contribution >= 0.6 is 11.3 Å². The second-order valence-corrected chi connectivity index (χ2v) is 16.8. The zero-order chi connectivity index (χ0) is 39.6. The van der Waals surface area contributed by atoms with Crippen molar-refractivity contribution in [2.24, 2.45) is 0 Å². The van der Waals surface area contributed by atoms with Crippen molar-refractivity contribution in [3.63, 3.8) is 0 Å². The molecule has 0 bridgehead atoms. The van der Waals surface area contributed by atoms with Gasteiger partial charge >= 0.3 is 0 Å². The molecule has 0 saturated heterocycles. The number of thiophene rings is 1. The van der Waals surface area contributed by atoms with Crippen LogP contribution in [0, 0.1) is 0 Å². The van der Waals surface area contributed by atoms with Crippen molar-refractivity contribution in [1.82, 2.24) is 0 Å². The van der Waals surface area contributed by atoms with Crippen molar-refractivity contribution >= 4 is 91.7 Å². The van der Waals surface area contributed by atoms with Crippen LogP contribution in [0.5, 0.6) is 0 Å². The van der Waals surface area contributed by atoms with Crippen LogP contribution in [0.2, 0.25) is 0 Å². The van der Waals surface area contributed by atoms with E-state index in [1.54, 1.807) is 0 Å². The molecule has 1 aromatic heterocycles. The van der Waals surface area contributed by atoms with E-state index in [0.29, 0.717) is 0 Å². The van der Waals surface area contributed by atoms with Gasteiger partial charge in [-0.25, -0.2) is 0 Å². The fourth-order valence-electron chi connectivity index (χ4n) is 9.17. The van der Waals surface area contributed by atoms with Gasteiger partial charge in [-0.3, -0.25) is 0 Å². The van der Waals surface area contributed by atoms with E-state index >= 15 is 0 Å². The first-order valence-corrected chi connectivity index (χ1v) is 21.4. The normalized spacial score (nSPS) is 11.7. The van der Waals surface area contributed by atoms with Gasteiger partial charge in [-0.1, -0.05) is 158 Å². The van der Waals surface area contributed by atoms with Gasteiger partial charge in [-0.15, -0.1) is 11.3 Å². The molecule has 0 amide bonds. The molecule has 0 unspecified atom stereocenters. The molecule has 0 N–H and O–H groups in total. The van der Waals surface area contributed by atoms with Gasteiger partial charge in [-0.2, -0.15) is 0 Å². The van der Waals surface area contributed by atoms with E-state index in [0.717, 1.165) is 17.1 Å². The number of fused-ring (bicyclic) bond motifs is 9. The van der Waals surface area contributed by atoms with Gasteiger partial charge in [0.1, 0.15) is 0 Å². The van der Waals surface area contributed by atoms with Crippen molar-refractivity contribution in [1.29, 1.82) is 0 Å². The number of nitrogens with zero attached hydrogens (tertiary/aromatic N) is 1. The molecule has 0 radical (unpaired) electrons. The van der Waals surface area contributed by atoms with Crippen LogP contribution in [0.4, 0.5) is 17.1 Å². The molecule has 0 fully saturated rings. The van der Waals surface area contributed by atoms with Crippen molar-refractivity contribution in [2.45, 2.75) is 0 Å². The highest BCUT2D eigenvalue weighted by Crippen LogP contribution is 2.42. The molecule has 280 valence electrons. The van der Waals surface area contributed by atoms with E-state index in [2.05, 4.69) is 229 Å². The van der Waals surface area contributed by atoms with E-state index in [4.69, 9.17) is 0 Å². The van der Waals surface area contributed by atoms with Gasteiger partial charge < -0.3 is 4.90 Å². The summed E-state index contributed by atoms with van der Waals surface area (Å²) in [5.74, 6) is 0. The van der Waals surface area contributed by atoms with Crippen LogP contribution in [0.15, 0.2) is 224 Å². The van der Waals surface area contributed by atoms with Crippen molar-refractivity contribution in [3.8, 4) is 33.4 Å². The summed E-state index contributed by atoms with van der Waals surface area (Å²) in [7, 11) is 0. The van der Waals surface area contributed by atoms with Gasteiger partial charge in [0, 0.05) is 37.2 Å².